The summed E-state index contributed by atoms with van der Waals surface area (Å²) in [5.74, 6) is -0.418. The molecule has 1 N–H and O–H groups in total. The summed E-state index contributed by atoms with van der Waals surface area (Å²) in [6, 6.07) is 12.2. The molecule has 1 aliphatic heterocycles. The monoisotopic (exact) mass is 494 g/mol. The Hall–Kier alpha value is -3.32. The predicted molar refractivity (Wildman–Crippen MR) is 141 cm³/mol. The summed E-state index contributed by atoms with van der Waals surface area (Å²) in [5.41, 5.74) is 1.96. The number of ketones is 1. The van der Waals surface area contributed by atoms with Gasteiger partial charge in [0.15, 0.2) is 0 Å². The fourth-order valence-electron chi connectivity index (χ4n) is 4.24. The molecule has 0 aromatic heterocycles. The first-order chi connectivity index (χ1) is 17.0. The predicted octanol–water partition coefficient (Wildman–Crippen LogP) is 4.76. The van der Waals surface area contributed by atoms with Crippen LogP contribution in [0, 0.1) is 0 Å². The minimum atomic E-state index is -0.729. The first kappa shape index (κ1) is 27.3. The maximum absolute atomic E-state index is 13.4. The number of ether oxygens (including phenoxy) is 2. The quantitative estimate of drug-likeness (QED) is 0.308. The molecular weight excluding hydrogens is 456 g/mol. The zero-order valence-electron chi connectivity index (χ0n) is 22.4. The number of carbonyl (C=O) groups is 2. The molecule has 2 aromatic rings. The first-order valence-corrected chi connectivity index (χ1v) is 12.3. The number of amides is 1. The van der Waals surface area contributed by atoms with Gasteiger partial charge in [0.25, 0.3) is 11.7 Å². The van der Waals surface area contributed by atoms with Crippen LogP contribution < -0.4 is 9.47 Å². The second-order valence-electron chi connectivity index (χ2n) is 10.4. The highest BCUT2D eigenvalue weighted by Crippen LogP contribution is 2.42. The number of aliphatic hydroxyl groups is 1. The van der Waals surface area contributed by atoms with Gasteiger partial charge in [0.2, 0.25) is 0 Å². The zero-order chi connectivity index (χ0) is 26.6. The van der Waals surface area contributed by atoms with Crippen molar-refractivity contribution in [2.45, 2.75) is 45.6 Å². The van der Waals surface area contributed by atoms with Gasteiger partial charge in [0.05, 0.1) is 30.9 Å². The second-order valence-corrected chi connectivity index (χ2v) is 10.4. The largest absolute Gasteiger partial charge is 0.507 e. The van der Waals surface area contributed by atoms with Crippen LogP contribution in [-0.4, -0.2) is 67.5 Å². The van der Waals surface area contributed by atoms with E-state index in [1.807, 2.05) is 62.3 Å². The van der Waals surface area contributed by atoms with E-state index in [2.05, 4.69) is 20.8 Å². The van der Waals surface area contributed by atoms with Crippen LogP contribution in [0.3, 0.4) is 0 Å². The van der Waals surface area contributed by atoms with E-state index in [0.29, 0.717) is 36.8 Å². The Balaban J connectivity index is 2.18. The molecule has 36 heavy (non-hydrogen) atoms. The molecule has 0 saturated carbocycles. The van der Waals surface area contributed by atoms with E-state index in [-0.39, 0.29) is 16.7 Å². The van der Waals surface area contributed by atoms with Crippen LogP contribution in [0.5, 0.6) is 11.5 Å². The molecule has 0 radical (unpaired) electrons. The fourth-order valence-corrected chi connectivity index (χ4v) is 4.24. The molecule has 1 atom stereocenters. The molecule has 1 heterocycles. The lowest BCUT2D eigenvalue weighted by atomic mass is 9.85. The van der Waals surface area contributed by atoms with E-state index in [1.54, 1.807) is 6.07 Å². The number of carbonyl (C=O) groups excluding carboxylic acids is 2. The van der Waals surface area contributed by atoms with E-state index in [4.69, 9.17) is 9.47 Å². The molecule has 0 spiro atoms. The van der Waals surface area contributed by atoms with Crippen LogP contribution in [0.2, 0.25) is 0 Å². The van der Waals surface area contributed by atoms with Gasteiger partial charge in [0.1, 0.15) is 17.3 Å². The van der Waals surface area contributed by atoms with Gasteiger partial charge < -0.3 is 24.4 Å². The molecule has 2 aromatic carbocycles. The molecule has 0 bridgehead atoms. The molecule has 194 valence electrons. The van der Waals surface area contributed by atoms with Crippen molar-refractivity contribution in [1.29, 1.82) is 0 Å². The maximum Gasteiger partial charge on any atom is 0.295 e. The van der Waals surface area contributed by atoms with Crippen molar-refractivity contribution in [2.24, 2.45) is 0 Å². The Kier molecular flexibility index (Phi) is 8.46. The van der Waals surface area contributed by atoms with E-state index >= 15 is 0 Å². The van der Waals surface area contributed by atoms with Crippen molar-refractivity contribution in [3.63, 3.8) is 0 Å². The molecule has 1 amide bonds. The normalized spacial score (nSPS) is 17.7. The molecule has 1 aliphatic rings. The highest BCUT2D eigenvalue weighted by atomic mass is 16.5. The third-order valence-corrected chi connectivity index (χ3v) is 6.32. The lowest BCUT2D eigenvalue weighted by Crippen LogP contribution is -2.35. The Morgan fingerprint density at radius 1 is 1.08 bits per heavy atom. The van der Waals surface area contributed by atoms with E-state index < -0.39 is 17.7 Å². The number of aliphatic hydroxyl groups excluding tert-OH is 1. The summed E-state index contributed by atoms with van der Waals surface area (Å²) in [7, 11) is 5.34. The number of nitrogens with zero attached hydrogens (tertiary/aromatic N) is 2. The van der Waals surface area contributed by atoms with Gasteiger partial charge in [0, 0.05) is 13.1 Å². The van der Waals surface area contributed by atoms with E-state index in [1.165, 1.54) is 12.0 Å². The molecule has 7 heteroatoms. The average Bonchev–Trinajstić information content (AvgIpc) is 3.09. The van der Waals surface area contributed by atoms with Crippen LogP contribution in [0.4, 0.5) is 0 Å². The molecule has 1 fully saturated rings. The van der Waals surface area contributed by atoms with E-state index in [0.717, 1.165) is 17.5 Å². The lowest BCUT2D eigenvalue weighted by Gasteiger charge is -2.27. The van der Waals surface area contributed by atoms with E-state index in [9.17, 15) is 14.7 Å². The summed E-state index contributed by atoms with van der Waals surface area (Å²) in [6.45, 7) is 9.76. The number of benzene rings is 2. The minimum absolute atomic E-state index is 0.0605. The molecule has 0 aliphatic carbocycles. The minimum Gasteiger partial charge on any atom is -0.507 e. The number of Topliss-reactive ketones (excluding diaryl/α,β-unsaturated/α-hetero) is 1. The topological polar surface area (TPSA) is 79.3 Å². The van der Waals surface area contributed by atoms with Crippen molar-refractivity contribution in [3.05, 3.63) is 64.7 Å². The standard InChI is InChI=1S/C29H38N2O5/c1-8-17-36-21-12-9-19(10-13-21)25-24(27(33)28(34)31(25)16-15-30(5)6)26(32)22-18-20(29(2,3)4)11-14-23(22)35-7/h9-14,18,25,32H,8,15-17H2,1-7H3/b26-24+. The Morgan fingerprint density at radius 2 is 1.75 bits per heavy atom. The number of hydrogen-bond donors (Lipinski definition) is 1. The maximum atomic E-state index is 13.4. The van der Waals surface area contributed by atoms with Crippen molar-refractivity contribution in [2.75, 3.05) is 40.9 Å². The summed E-state index contributed by atoms with van der Waals surface area (Å²) in [6.07, 6.45) is 0.891. The van der Waals surface area contributed by atoms with Gasteiger partial charge in [-0.15, -0.1) is 0 Å². The molecule has 7 nitrogen and oxygen atoms in total. The number of hydrogen-bond acceptors (Lipinski definition) is 6. The summed E-state index contributed by atoms with van der Waals surface area (Å²) >= 11 is 0. The third kappa shape index (κ3) is 5.73. The number of methoxy groups -OCH3 is 1. The van der Waals surface area contributed by atoms with Gasteiger partial charge in [-0.3, -0.25) is 9.59 Å². The van der Waals surface area contributed by atoms with Crippen molar-refractivity contribution >= 4 is 17.4 Å². The van der Waals surface area contributed by atoms with Gasteiger partial charge in [-0.05, 0) is 61.3 Å². The summed E-state index contributed by atoms with van der Waals surface area (Å²) in [4.78, 5) is 30.0. The molecular formula is C29H38N2O5. The highest BCUT2D eigenvalue weighted by Gasteiger charge is 2.46. The van der Waals surface area contributed by atoms with Crippen LogP contribution in [-0.2, 0) is 15.0 Å². The van der Waals surface area contributed by atoms with Gasteiger partial charge >= 0.3 is 0 Å². The summed E-state index contributed by atoms with van der Waals surface area (Å²) in [5, 5.41) is 11.6. The van der Waals surface area contributed by atoms with Gasteiger partial charge in [-0.1, -0.05) is 45.9 Å². The zero-order valence-corrected chi connectivity index (χ0v) is 22.4. The molecule has 1 saturated heterocycles. The lowest BCUT2D eigenvalue weighted by molar-refractivity contribution is -0.140. The molecule has 1 unspecified atom stereocenters. The molecule has 3 rings (SSSR count). The third-order valence-electron chi connectivity index (χ3n) is 6.32. The fraction of sp³-hybridized carbons (Fsp3) is 0.448. The highest BCUT2D eigenvalue weighted by molar-refractivity contribution is 6.46. The van der Waals surface area contributed by atoms with Crippen molar-refractivity contribution in [3.8, 4) is 11.5 Å². The van der Waals surface area contributed by atoms with Crippen molar-refractivity contribution in [1.82, 2.24) is 9.80 Å². The van der Waals surface area contributed by atoms with Crippen LogP contribution in [0.25, 0.3) is 5.76 Å². The first-order valence-electron chi connectivity index (χ1n) is 12.3. The Labute approximate surface area is 214 Å². The number of likely N-dealkylation sites (N-methyl/N-ethyl adjacent to an activating group) is 1. The SMILES string of the molecule is CCCOc1ccc(C2/C(=C(\O)c3cc(C(C)(C)C)ccc3OC)C(=O)C(=O)N2CCN(C)C)cc1. The Morgan fingerprint density at radius 3 is 2.31 bits per heavy atom. The number of likely N-dealkylation sites (tertiary alicyclic amines) is 1. The van der Waals surface area contributed by atoms with Gasteiger partial charge in [-0.2, -0.15) is 0 Å². The van der Waals surface area contributed by atoms with Crippen LogP contribution in [0.1, 0.15) is 56.8 Å². The second kappa shape index (κ2) is 11.2. The summed E-state index contributed by atoms with van der Waals surface area (Å²) < 4.78 is 11.2. The smallest absolute Gasteiger partial charge is 0.295 e. The van der Waals surface area contributed by atoms with Crippen molar-refractivity contribution < 1.29 is 24.2 Å². The van der Waals surface area contributed by atoms with Gasteiger partial charge in [-0.25, -0.2) is 0 Å². The van der Waals surface area contributed by atoms with Crippen LogP contribution >= 0.6 is 0 Å². The number of rotatable bonds is 9. The Bertz CT molecular complexity index is 1130. The van der Waals surface area contributed by atoms with Crippen LogP contribution in [0.15, 0.2) is 48.0 Å². The average molecular weight is 495 g/mol.